The van der Waals surface area contributed by atoms with Gasteiger partial charge in [0.1, 0.15) is 5.00 Å². The zero-order chi connectivity index (χ0) is 20.3. The third kappa shape index (κ3) is 4.72. The molecule has 28 heavy (non-hydrogen) atoms. The summed E-state index contributed by atoms with van der Waals surface area (Å²) in [5.41, 5.74) is 1.59. The van der Waals surface area contributed by atoms with Gasteiger partial charge in [-0.15, -0.1) is 11.3 Å². The van der Waals surface area contributed by atoms with Gasteiger partial charge in [-0.2, -0.15) is 0 Å². The fraction of sp³-hybridized carbons (Fsp3) is 0.650. The number of anilines is 1. The minimum absolute atomic E-state index is 0.0709. The van der Waals surface area contributed by atoms with Crippen molar-refractivity contribution in [2.24, 2.45) is 5.92 Å². The van der Waals surface area contributed by atoms with Crippen molar-refractivity contribution in [3.63, 3.8) is 0 Å². The van der Waals surface area contributed by atoms with Crippen LogP contribution in [0.2, 0.25) is 0 Å². The Morgan fingerprint density at radius 1 is 1.21 bits per heavy atom. The fourth-order valence-corrected chi connectivity index (χ4v) is 5.26. The molecule has 1 atom stereocenters. The van der Waals surface area contributed by atoms with Crippen LogP contribution in [0.15, 0.2) is 0 Å². The number of esters is 1. The smallest absolute Gasteiger partial charge is 0.341 e. The molecule has 1 aromatic rings. The number of carbonyl (C=O) groups excluding carboxylic acids is 3. The van der Waals surface area contributed by atoms with E-state index in [2.05, 4.69) is 12.2 Å². The van der Waals surface area contributed by atoms with Crippen LogP contribution in [0.1, 0.15) is 48.0 Å². The number of amides is 2. The van der Waals surface area contributed by atoms with Crippen LogP contribution in [0.25, 0.3) is 0 Å². The number of ether oxygens (including phenoxy) is 1. The predicted octanol–water partition coefficient (Wildman–Crippen LogP) is 2.15. The Hall–Kier alpha value is -1.93. The van der Waals surface area contributed by atoms with E-state index in [1.54, 1.807) is 18.7 Å². The third-order valence-electron chi connectivity index (χ3n) is 5.43. The van der Waals surface area contributed by atoms with Crippen LogP contribution in [0, 0.1) is 5.92 Å². The Morgan fingerprint density at radius 3 is 2.57 bits per heavy atom. The van der Waals surface area contributed by atoms with Crippen molar-refractivity contribution in [2.45, 2.75) is 40.0 Å². The van der Waals surface area contributed by atoms with Crippen molar-refractivity contribution in [2.75, 3.05) is 44.6 Å². The summed E-state index contributed by atoms with van der Waals surface area (Å²) in [6.45, 7) is 8.78. The van der Waals surface area contributed by atoms with Crippen LogP contribution in [0.3, 0.4) is 0 Å². The van der Waals surface area contributed by atoms with Gasteiger partial charge in [0.05, 0.1) is 18.7 Å². The van der Waals surface area contributed by atoms with Gasteiger partial charge < -0.3 is 15.0 Å². The Kier molecular flexibility index (Phi) is 6.72. The molecule has 1 aromatic heterocycles. The largest absolute Gasteiger partial charge is 0.462 e. The van der Waals surface area contributed by atoms with Crippen molar-refractivity contribution in [1.29, 1.82) is 0 Å². The van der Waals surface area contributed by atoms with E-state index in [0.29, 0.717) is 49.3 Å². The average Bonchev–Trinajstić information content (AvgIpc) is 2.98. The van der Waals surface area contributed by atoms with Crippen LogP contribution < -0.4 is 5.32 Å². The number of fused-ring (bicyclic) bond motifs is 1. The summed E-state index contributed by atoms with van der Waals surface area (Å²) in [5.74, 6) is 0.178. The summed E-state index contributed by atoms with van der Waals surface area (Å²) in [4.78, 5) is 41.6. The molecule has 1 saturated heterocycles. The molecule has 0 radical (unpaired) electrons. The number of hydrogen-bond donors (Lipinski definition) is 1. The van der Waals surface area contributed by atoms with Gasteiger partial charge in [0, 0.05) is 38.0 Å². The van der Waals surface area contributed by atoms with Gasteiger partial charge >= 0.3 is 5.97 Å². The number of carbonyl (C=O) groups is 3. The molecule has 0 saturated carbocycles. The van der Waals surface area contributed by atoms with Gasteiger partial charge in [-0.25, -0.2) is 4.79 Å². The van der Waals surface area contributed by atoms with Crippen molar-refractivity contribution in [1.82, 2.24) is 9.80 Å². The first-order chi connectivity index (χ1) is 13.4. The van der Waals surface area contributed by atoms with Crippen molar-refractivity contribution >= 4 is 34.1 Å². The molecule has 154 valence electrons. The number of thiophene rings is 1. The third-order valence-corrected chi connectivity index (χ3v) is 6.60. The minimum Gasteiger partial charge on any atom is -0.462 e. The summed E-state index contributed by atoms with van der Waals surface area (Å²) in [7, 11) is 0. The molecule has 0 aromatic carbocycles. The molecule has 1 aliphatic carbocycles. The topological polar surface area (TPSA) is 79.0 Å². The van der Waals surface area contributed by atoms with Crippen LogP contribution in [-0.4, -0.2) is 66.9 Å². The molecular formula is C20H29N3O4S. The summed E-state index contributed by atoms with van der Waals surface area (Å²) >= 11 is 1.51. The van der Waals surface area contributed by atoms with Crippen molar-refractivity contribution < 1.29 is 19.1 Å². The molecule has 0 bridgehead atoms. The van der Waals surface area contributed by atoms with Crippen molar-refractivity contribution in [3.05, 3.63) is 16.0 Å². The fourth-order valence-electron chi connectivity index (χ4n) is 3.85. The minimum atomic E-state index is -0.347. The van der Waals surface area contributed by atoms with E-state index >= 15 is 0 Å². The van der Waals surface area contributed by atoms with Gasteiger partial charge in [0.2, 0.25) is 11.8 Å². The Bertz CT molecular complexity index is 753. The van der Waals surface area contributed by atoms with Gasteiger partial charge in [0.25, 0.3) is 0 Å². The van der Waals surface area contributed by atoms with Crippen molar-refractivity contribution in [3.8, 4) is 0 Å². The number of nitrogens with zero attached hydrogens (tertiary/aromatic N) is 2. The second-order valence-corrected chi connectivity index (χ2v) is 8.71. The number of rotatable bonds is 5. The molecule has 7 nitrogen and oxygen atoms in total. The Balaban J connectivity index is 1.68. The second kappa shape index (κ2) is 9.05. The highest BCUT2D eigenvalue weighted by Gasteiger charge is 2.29. The highest BCUT2D eigenvalue weighted by molar-refractivity contribution is 7.17. The van der Waals surface area contributed by atoms with E-state index in [-0.39, 0.29) is 24.3 Å². The molecule has 0 unspecified atom stereocenters. The van der Waals surface area contributed by atoms with E-state index in [4.69, 9.17) is 4.74 Å². The maximum absolute atomic E-state index is 12.6. The summed E-state index contributed by atoms with van der Waals surface area (Å²) in [6.07, 6.45) is 2.84. The number of hydrogen-bond acceptors (Lipinski definition) is 6. The van der Waals surface area contributed by atoms with Crippen LogP contribution in [-0.2, 0) is 27.2 Å². The summed E-state index contributed by atoms with van der Waals surface area (Å²) < 4.78 is 5.25. The summed E-state index contributed by atoms with van der Waals surface area (Å²) in [6, 6.07) is 0. The highest BCUT2D eigenvalue weighted by Crippen LogP contribution is 2.40. The zero-order valence-corrected chi connectivity index (χ0v) is 17.7. The molecule has 1 aliphatic heterocycles. The lowest BCUT2D eigenvalue weighted by Crippen LogP contribution is -2.49. The van der Waals surface area contributed by atoms with E-state index < -0.39 is 0 Å². The van der Waals surface area contributed by atoms with Gasteiger partial charge in [-0.1, -0.05) is 6.92 Å². The van der Waals surface area contributed by atoms with E-state index in [9.17, 15) is 14.4 Å². The maximum Gasteiger partial charge on any atom is 0.341 e. The Morgan fingerprint density at radius 2 is 1.93 bits per heavy atom. The van der Waals surface area contributed by atoms with E-state index in [1.165, 1.54) is 16.2 Å². The number of nitrogens with one attached hydrogen (secondary N) is 1. The van der Waals surface area contributed by atoms with E-state index in [0.717, 1.165) is 24.8 Å². The first kappa shape index (κ1) is 20.8. The monoisotopic (exact) mass is 407 g/mol. The molecule has 1 N–H and O–H groups in total. The predicted molar refractivity (Wildman–Crippen MR) is 109 cm³/mol. The average molecular weight is 408 g/mol. The lowest BCUT2D eigenvalue weighted by molar-refractivity contribution is -0.130. The molecule has 2 amide bonds. The lowest BCUT2D eigenvalue weighted by Gasteiger charge is -2.33. The normalized spacial score (nSPS) is 19.8. The highest BCUT2D eigenvalue weighted by atomic mass is 32.1. The van der Waals surface area contributed by atoms with Crippen LogP contribution in [0.5, 0.6) is 0 Å². The molecule has 2 aliphatic rings. The van der Waals surface area contributed by atoms with E-state index in [1.807, 2.05) is 4.90 Å². The van der Waals surface area contributed by atoms with Gasteiger partial charge in [-0.3, -0.25) is 14.5 Å². The SMILES string of the molecule is CCOC(=O)c1c(NC(=O)CN2CCN(C(C)=O)CC2)sc2c1CC[C@@H](C)C2. The number of piperazine rings is 1. The molecule has 2 heterocycles. The second-order valence-electron chi connectivity index (χ2n) is 7.61. The molecule has 3 rings (SSSR count). The van der Waals surface area contributed by atoms with Crippen LogP contribution >= 0.6 is 11.3 Å². The molecule has 1 fully saturated rings. The molecule has 0 spiro atoms. The standard InChI is InChI=1S/C20H29N3O4S/c1-4-27-20(26)18-15-6-5-13(2)11-16(15)28-19(18)21-17(25)12-22-7-9-23(10-8-22)14(3)24/h13H,4-12H2,1-3H3,(H,21,25)/t13-/m1/s1. The summed E-state index contributed by atoms with van der Waals surface area (Å²) in [5, 5.41) is 3.58. The molecular weight excluding hydrogens is 378 g/mol. The molecule has 8 heteroatoms. The first-order valence-corrected chi connectivity index (χ1v) is 10.8. The quantitative estimate of drug-likeness (QED) is 0.757. The lowest BCUT2D eigenvalue weighted by atomic mass is 9.88. The van der Waals surface area contributed by atoms with Crippen LogP contribution in [0.4, 0.5) is 5.00 Å². The van der Waals surface area contributed by atoms with Gasteiger partial charge in [0.15, 0.2) is 0 Å². The van der Waals surface area contributed by atoms with Gasteiger partial charge in [-0.05, 0) is 37.7 Å². The maximum atomic E-state index is 12.6. The first-order valence-electron chi connectivity index (χ1n) is 9.98. The Labute approximate surface area is 170 Å². The zero-order valence-electron chi connectivity index (χ0n) is 16.9.